The lowest BCUT2D eigenvalue weighted by Gasteiger charge is -2.36. The minimum Gasteiger partial charge on any atom is -0.390 e. The van der Waals surface area contributed by atoms with Crippen LogP contribution in [0.4, 0.5) is 0 Å². The first-order valence-corrected chi connectivity index (χ1v) is 5.81. The predicted molar refractivity (Wildman–Crippen MR) is 54.5 cm³/mol. The summed E-state index contributed by atoms with van der Waals surface area (Å²) in [6.45, 7) is 0. The standard InChI is InChI=1S/C9H11BrOS/c10-8-7(2-5-12-8)6-9(11)3-1-4-9/h2,5,11H,1,3-4,6H2. The maximum Gasteiger partial charge on any atom is 0.0731 e. The van der Waals surface area contributed by atoms with Gasteiger partial charge in [0.2, 0.25) is 0 Å². The lowest BCUT2D eigenvalue weighted by Crippen LogP contribution is -2.38. The van der Waals surface area contributed by atoms with E-state index in [1.54, 1.807) is 11.3 Å². The maximum absolute atomic E-state index is 9.89. The van der Waals surface area contributed by atoms with Crippen LogP contribution in [-0.2, 0) is 6.42 Å². The molecule has 0 atom stereocenters. The average Bonchev–Trinajstić information content (AvgIpc) is 2.34. The molecule has 1 heterocycles. The molecule has 0 spiro atoms. The predicted octanol–water partition coefficient (Wildman–Crippen LogP) is 2.97. The second-order valence-corrected chi connectivity index (χ2v) is 5.71. The van der Waals surface area contributed by atoms with E-state index < -0.39 is 0 Å². The summed E-state index contributed by atoms with van der Waals surface area (Å²) in [6, 6.07) is 2.09. The summed E-state index contributed by atoms with van der Waals surface area (Å²) in [4.78, 5) is 0. The molecule has 0 aromatic carbocycles. The third-order valence-corrected chi connectivity index (χ3v) is 4.31. The maximum atomic E-state index is 9.89. The second-order valence-electron chi connectivity index (χ2n) is 3.47. The molecule has 0 unspecified atom stereocenters. The van der Waals surface area contributed by atoms with Crippen LogP contribution in [0.5, 0.6) is 0 Å². The Labute approximate surface area is 84.6 Å². The molecule has 1 nitrogen and oxygen atoms in total. The Kier molecular flexibility index (Phi) is 2.27. The van der Waals surface area contributed by atoms with Crippen LogP contribution < -0.4 is 0 Å². The fraction of sp³-hybridized carbons (Fsp3) is 0.556. The molecular weight excluding hydrogens is 236 g/mol. The van der Waals surface area contributed by atoms with E-state index in [4.69, 9.17) is 0 Å². The molecule has 12 heavy (non-hydrogen) atoms. The van der Waals surface area contributed by atoms with E-state index in [2.05, 4.69) is 27.4 Å². The molecule has 0 amide bonds. The molecular formula is C9H11BrOS. The largest absolute Gasteiger partial charge is 0.390 e. The van der Waals surface area contributed by atoms with Gasteiger partial charge in [-0.1, -0.05) is 0 Å². The van der Waals surface area contributed by atoms with Gasteiger partial charge in [0, 0.05) is 6.42 Å². The van der Waals surface area contributed by atoms with Crippen molar-refractivity contribution >= 4 is 27.3 Å². The molecule has 1 aromatic rings. The van der Waals surface area contributed by atoms with Crippen molar-refractivity contribution in [1.82, 2.24) is 0 Å². The van der Waals surface area contributed by atoms with E-state index in [9.17, 15) is 5.11 Å². The van der Waals surface area contributed by atoms with Crippen LogP contribution >= 0.6 is 27.3 Å². The molecule has 0 saturated heterocycles. The molecule has 1 fully saturated rings. The number of hydrogen-bond acceptors (Lipinski definition) is 2. The Bertz CT molecular complexity index is 278. The number of thiophene rings is 1. The fourth-order valence-corrected chi connectivity index (χ4v) is 2.80. The van der Waals surface area contributed by atoms with E-state index in [1.807, 2.05) is 0 Å². The van der Waals surface area contributed by atoms with Gasteiger partial charge in [-0.15, -0.1) is 11.3 Å². The van der Waals surface area contributed by atoms with Crippen LogP contribution in [0.25, 0.3) is 0 Å². The third kappa shape index (κ3) is 1.58. The SMILES string of the molecule is OC1(Cc2ccsc2Br)CCC1. The summed E-state index contributed by atoms with van der Waals surface area (Å²) in [5.41, 5.74) is 0.867. The van der Waals surface area contributed by atoms with Crippen LogP contribution in [0.15, 0.2) is 15.2 Å². The van der Waals surface area contributed by atoms with Crippen molar-refractivity contribution in [3.63, 3.8) is 0 Å². The normalized spacial score (nSPS) is 20.5. The zero-order valence-corrected chi connectivity index (χ0v) is 9.12. The molecule has 1 aromatic heterocycles. The highest BCUT2D eigenvalue weighted by molar-refractivity contribution is 9.11. The molecule has 1 aliphatic carbocycles. The Hall–Kier alpha value is 0.140. The Morgan fingerprint density at radius 2 is 2.33 bits per heavy atom. The highest BCUT2D eigenvalue weighted by atomic mass is 79.9. The van der Waals surface area contributed by atoms with Gasteiger partial charge in [0.25, 0.3) is 0 Å². The lowest BCUT2D eigenvalue weighted by atomic mass is 9.76. The summed E-state index contributed by atoms with van der Waals surface area (Å²) >= 11 is 5.16. The Morgan fingerprint density at radius 3 is 2.75 bits per heavy atom. The Balaban J connectivity index is 2.08. The molecule has 0 bridgehead atoms. The quantitative estimate of drug-likeness (QED) is 0.851. The van der Waals surface area contributed by atoms with E-state index in [1.165, 1.54) is 15.8 Å². The lowest BCUT2D eigenvalue weighted by molar-refractivity contribution is -0.0323. The van der Waals surface area contributed by atoms with Gasteiger partial charge in [0.15, 0.2) is 0 Å². The van der Waals surface area contributed by atoms with Crippen LogP contribution in [0.3, 0.4) is 0 Å². The number of aliphatic hydroxyl groups is 1. The fourth-order valence-electron chi connectivity index (χ4n) is 1.56. The summed E-state index contributed by atoms with van der Waals surface area (Å²) in [5, 5.41) is 11.9. The van der Waals surface area contributed by atoms with Gasteiger partial charge in [0.05, 0.1) is 9.39 Å². The highest BCUT2D eigenvalue weighted by Crippen LogP contribution is 2.37. The van der Waals surface area contributed by atoms with Crippen molar-refractivity contribution in [2.75, 3.05) is 0 Å². The molecule has 1 aliphatic rings. The van der Waals surface area contributed by atoms with Crippen LogP contribution in [0.1, 0.15) is 24.8 Å². The molecule has 1 saturated carbocycles. The molecule has 2 rings (SSSR count). The monoisotopic (exact) mass is 246 g/mol. The highest BCUT2D eigenvalue weighted by Gasteiger charge is 2.34. The smallest absolute Gasteiger partial charge is 0.0731 e. The number of hydrogen-bond donors (Lipinski definition) is 1. The summed E-state index contributed by atoms with van der Waals surface area (Å²) < 4.78 is 1.17. The van der Waals surface area contributed by atoms with E-state index >= 15 is 0 Å². The van der Waals surface area contributed by atoms with E-state index in [-0.39, 0.29) is 5.60 Å². The first-order chi connectivity index (χ1) is 5.70. The van der Waals surface area contributed by atoms with E-state index in [0.29, 0.717) is 0 Å². The van der Waals surface area contributed by atoms with Crippen molar-refractivity contribution in [2.24, 2.45) is 0 Å². The van der Waals surface area contributed by atoms with E-state index in [0.717, 1.165) is 19.3 Å². The molecule has 1 N–H and O–H groups in total. The summed E-state index contributed by atoms with van der Waals surface area (Å²) in [7, 11) is 0. The minimum absolute atomic E-state index is 0.385. The second kappa shape index (κ2) is 3.13. The number of rotatable bonds is 2. The van der Waals surface area contributed by atoms with Crippen molar-refractivity contribution in [3.8, 4) is 0 Å². The summed E-state index contributed by atoms with van der Waals surface area (Å²) in [6.07, 6.45) is 3.93. The first-order valence-electron chi connectivity index (χ1n) is 4.14. The molecule has 66 valence electrons. The molecule has 0 radical (unpaired) electrons. The van der Waals surface area contributed by atoms with Gasteiger partial charge in [-0.25, -0.2) is 0 Å². The average molecular weight is 247 g/mol. The van der Waals surface area contributed by atoms with Crippen molar-refractivity contribution < 1.29 is 5.11 Å². The van der Waals surface area contributed by atoms with Crippen LogP contribution in [-0.4, -0.2) is 10.7 Å². The van der Waals surface area contributed by atoms with Crippen LogP contribution in [0, 0.1) is 0 Å². The zero-order valence-electron chi connectivity index (χ0n) is 6.72. The van der Waals surface area contributed by atoms with Gasteiger partial charge in [-0.3, -0.25) is 0 Å². The van der Waals surface area contributed by atoms with Crippen molar-refractivity contribution in [3.05, 3.63) is 20.8 Å². The third-order valence-electron chi connectivity index (χ3n) is 2.50. The van der Waals surface area contributed by atoms with Gasteiger partial charge in [-0.2, -0.15) is 0 Å². The zero-order chi connectivity index (χ0) is 8.60. The van der Waals surface area contributed by atoms with Gasteiger partial charge in [0.1, 0.15) is 0 Å². The number of halogens is 1. The van der Waals surface area contributed by atoms with Crippen molar-refractivity contribution in [1.29, 1.82) is 0 Å². The van der Waals surface area contributed by atoms with Crippen LogP contribution in [0.2, 0.25) is 0 Å². The topological polar surface area (TPSA) is 20.2 Å². The van der Waals surface area contributed by atoms with Gasteiger partial charge >= 0.3 is 0 Å². The molecule has 0 aliphatic heterocycles. The van der Waals surface area contributed by atoms with Gasteiger partial charge < -0.3 is 5.11 Å². The first kappa shape index (κ1) is 8.73. The summed E-state index contributed by atoms with van der Waals surface area (Å²) in [5.74, 6) is 0. The minimum atomic E-state index is -0.385. The molecule has 3 heteroatoms. The van der Waals surface area contributed by atoms with Gasteiger partial charge in [-0.05, 0) is 52.2 Å². The Morgan fingerprint density at radius 1 is 1.58 bits per heavy atom. The van der Waals surface area contributed by atoms with Crippen molar-refractivity contribution in [2.45, 2.75) is 31.3 Å².